The number of sulfonamides is 1. The van der Waals surface area contributed by atoms with Gasteiger partial charge in [-0.1, -0.05) is 39.1 Å². The van der Waals surface area contributed by atoms with Crippen molar-refractivity contribution in [3.05, 3.63) is 56.5 Å². The van der Waals surface area contributed by atoms with E-state index in [0.717, 1.165) is 0 Å². The third kappa shape index (κ3) is 3.69. The number of halogens is 3. The van der Waals surface area contributed by atoms with Gasteiger partial charge < -0.3 is 0 Å². The van der Waals surface area contributed by atoms with Crippen LogP contribution in [0.5, 0.6) is 0 Å². The van der Waals surface area contributed by atoms with Gasteiger partial charge in [0.25, 0.3) is 10.0 Å². The first-order valence-corrected chi connectivity index (χ1v) is 8.54. The van der Waals surface area contributed by atoms with Crippen molar-refractivity contribution in [2.24, 2.45) is 0 Å². The van der Waals surface area contributed by atoms with Gasteiger partial charge in [0.15, 0.2) is 0 Å². The summed E-state index contributed by atoms with van der Waals surface area (Å²) >= 11 is 15.1. The van der Waals surface area contributed by atoms with Gasteiger partial charge in [0.05, 0.1) is 27.4 Å². The summed E-state index contributed by atoms with van der Waals surface area (Å²) in [5, 5.41) is 9.12. The summed E-state index contributed by atoms with van der Waals surface area (Å²) in [6, 6.07) is 10.6. The fourth-order valence-corrected chi connectivity index (χ4v) is 3.73. The highest BCUT2D eigenvalue weighted by Crippen LogP contribution is 2.30. The van der Waals surface area contributed by atoms with Crippen LogP contribution in [0.25, 0.3) is 0 Å². The Kier molecular flexibility index (Phi) is 4.79. The summed E-state index contributed by atoms with van der Waals surface area (Å²) in [4.78, 5) is -0.181. The van der Waals surface area contributed by atoms with Crippen molar-refractivity contribution in [1.82, 2.24) is 0 Å². The van der Waals surface area contributed by atoms with Gasteiger partial charge in [0.2, 0.25) is 0 Å². The predicted molar refractivity (Wildman–Crippen MR) is 86.1 cm³/mol. The predicted octanol–water partition coefficient (Wildman–Crippen LogP) is 4.43. The standard InChI is InChI=1S/C13H7BrCl2N2O2S/c14-9-2-4-10(15)12(6-9)18-21(19,20)13-5-8(7-17)1-3-11(13)16/h1-6,18H. The zero-order valence-corrected chi connectivity index (χ0v) is 14.2. The maximum atomic E-state index is 12.4. The molecule has 0 fully saturated rings. The maximum absolute atomic E-state index is 12.4. The molecular weight excluding hydrogens is 399 g/mol. The molecule has 0 heterocycles. The summed E-state index contributed by atoms with van der Waals surface area (Å²) in [5.41, 5.74) is 0.407. The molecule has 0 saturated carbocycles. The number of anilines is 1. The Morgan fingerprint density at radius 1 is 1.10 bits per heavy atom. The van der Waals surface area contributed by atoms with Crippen LogP contribution < -0.4 is 4.72 Å². The molecule has 0 unspecified atom stereocenters. The molecule has 0 radical (unpaired) electrons. The minimum Gasteiger partial charge on any atom is -0.278 e. The molecule has 2 rings (SSSR count). The third-order valence-electron chi connectivity index (χ3n) is 2.52. The van der Waals surface area contributed by atoms with E-state index in [1.165, 1.54) is 24.3 Å². The van der Waals surface area contributed by atoms with E-state index in [0.29, 0.717) is 4.47 Å². The molecule has 0 amide bonds. The molecule has 0 aromatic heterocycles. The fraction of sp³-hybridized carbons (Fsp3) is 0. The zero-order chi connectivity index (χ0) is 15.6. The summed E-state index contributed by atoms with van der Waals surface area (Å²) < 4.78 is 27.8. The Morgan fingerprint density at radius 2 is 1.76 bits per heavy atom. The van der Waals surface area contributed by atoms with Crippen molar-refractivity contribution in [3.8, 4) is 6.07 Å². The molecule has 2 aromatic rings. The van der Waals surface area contributed by atoms with Gasteiger partial charge >= 0.3 is 0 Å². The number of nitrogens with zero attached hydrogens (tertiary/aromatic N) is 1. The van der Waals surface area contributed by atoms with E-state index in [1.807, 2.05) is 6.07 Å². The lowest BCUT2D eigenvalue weighted by atomic mass is 10.2. The first-order valence-electron chi connectivity index (χ1n) is 5.51. The first kappa shape index (κ1) is 16.1. The zero-order valence-electron chi connectivity index (χ0n) is 10.3. The highest BCUT2D eigenvalue weighted by molar-refractivity contribution is 9.10. The van der Waals surface area contributed by atoms with Crippen LogP contribution in [0.1, 0.15) is 5.56 Å². The highest BCUT2D eigenvalue weighted by atomic mass is 79.9. The van der Waals surface area contributed by atoms with E-state index < -0.39 is 10.0 Å². The number of benzene rings is 2. The molecular formula is C13H7BrCl2N2O2S. The summed E-state index contributed by atoms with van der Waals surface area (Å²) in [5.74, 6) is 0. The molecule has 21 heavy (non-hydrogen) atoms. The van der Waals surface area contributed by atoms with Crippen LogP contribution in [0.3, 0.4) is 0 Å². The summed E-state index contributed by atoms with van der Waals surface area (Å²) in [6.07, 6.45) is 0. The van der Waals surface area contributed by atoms with Crippen molar-refractivity contribution in [1.29, 1.82) is 5.26 Å². The van der Waals surface area contributed by atoms with E-state index in [-0.39, 0.29) is 26.2 Å². The SMILES string of the molecule is N#Cc1ccc(Cl)c(S(=O)(=O)Nc2cc(Br)ccc2Cl)c1. The Labute approximate surface area is 140 Å². The van der Waals surface area contributed by atoms with Crippen LogP contribution >= 0.6 is 39.1 Å². The number of nitriles is 1. The Hall–Kier alpha value is -1.26. The lowest BCUT2D eigenvalue weighted by Gasteiger charge is -2.11. The molecule has 0 aliphatic heterocycles. The van der Waals surface area contributed by atoms with Crippen molar-refractivity contribution in [3.63, 3.8) is 0 Å². The minimum atomic E-state index is -3.95. The van der Waals surface area contributed by atoms with Crippen molar-refractivity contribution >= 4 is 54.8 Å². The monoisotopic (exact) mass is 404 g/mol. The summed E-state index contributed by atoms with van der Waals surface area (Å²) in [7, 11) is -3.95. The molecule has 2 aromatic carbocycles. The minimum absolute atomic E-state index is 0.0209. The number of hydrogen-bond acceptors (Lipinski definition) is 3. The van der Waals surface area contributed by atoms with Crippen LogP contribution in [0.2, 0.25) is 10.0 Å². The average Bonchev–Trinajstić information content (AvgIpc) is 2.43. The topological polar surface area (TPSA) is 70.0 Å². The molecule has 0 bridgehead atoms. The summed E-state index contributed by atoms with van der Waals surface area (Å²) in [6.45, 7) is 0. The molecule has 0 aliphatic rings. The third-order valence-corrected chi connectivity index (χ3v) is 5.19. The highest BCUT2D eigenvalue weighted by Gasteiger charge is 2.20. The van der Waals surface area contributed by atoms with E-state index in [1.54, 1.807) is 12.1 Å². The molecule has 0 aliphatic carbocycles. The van der Waals surface area contributed by atoms with Crippen LogP contribution in [-0.4, -0.2) is 8.42 Å². The van der Waals surface area contributed by atoms with E-state index in [9.17, 15) is 8.42 Å². The Morgan fingerprint density at radius 3 is 2.43 bits per heavy atom. The second-order valence-corrected chi connectivity index (χ2v) is 7.37. The molecule has 4 nitrogen and oxygen atoms in total. The number of rotatable bonds is 3. The van der Waals surface area contributed by atoms with Crippen LogP contribution in [-0.2, 0) is 10.0 Å². The lowest BCUT2D eigenvalue weighted by molar-refractivity contribution is 0.601. The van der Waals surface area contributed by atoms with Crippen molar-refractivity contribution in [2.45, 2.75) is 4.90 Å². The molecule has 0 spiro atoms. The van der Waals surface area contributed by atoms with Crippen molar-refractivity contribution < 1.29 is 8.42 Å². The average molecular weight is 406 g/mol. The van der Waals surface area contributed by atoms with E-state index in [2.05, 4.69) is 20.7 Å². The normalized spacial score (nSPS) is 11.0. The van der Waals surface area contributed by atoms with Crippen LogP contribution in [0.4, 0.5) is 5.69 Å². The number of nitrogens with one attached hydrogen (secondary N) is 1. The molecule has 0 atom stereocenters. The van der Waals surface area contributed by atoms with Gasteiger partial charge in [-0.3, -0.25) is 4.72 Å². The second kappa shape index (κ2) is 6.24. The van der Waals surface area contributed by atoms with Gasteiger partial charge in [-0.05, 0) is 36.4 Å². The smallest absolute Gasteiger partial charge is 0.263 e. The molecule has 0 saturated heterocycles. The maximum Gasteiger partial charge on any atom is 0.263 e. The molecule has 8 heteroatoms. The van der Waals surface area contributed by atoms with Gasteiger partial charge in [-0.2, -0.15) is 5.26 Å². The van der Waals surface area contributed by atoms with Crippen molar-refractivity contribution in [2.75, 3.05) is 4.72 Å². The lowest BCUT2D eigenvalue weighted by Crippen LogP contribution is -2.14. The quantitative estimate of drug-likeness (QED) is 0.820. The largest absolute Gasteiger partial charge is 0.278 e. The Bertz CT molecular complexity index is 848. The Balaban J connectivity index is 2.48. The van der Waals surface area contributed by atoms with Gasteiger partial charge in [-0.15, -0.1) is 0 Å². The van der Waals surface area contributed by atoms with E-state index >= 15 is 0 Å². The fourth-order valence-electron chi connectivity index (χ4n) is 1.55. The van der Waals surface area contributed by atoms with Gasteiger partial charge in [0, 0.05) is 4.47 Å². The molecule has 1 N–H and O–H groups in total. The van der Waals surface area contributed by atoms with E-state index in [4.69, 9.17) is 28.5 Å². The van der Waals surface area contributed by atoms with Crippen LogP contribution in [0, 0.1) is 11.3 Å². The van der Waals surface area contributed by atoms with Gasteiger partial charge in [0.1, 0.15) is 4.90 Å². The van der Waals surface area contributed by atoms with Crippen LogP contribution in [0.15, 0.2) is 45.8 Å². The van der Waals surface area contributed by atoms with Gasteiger partial charge in [-0.25, -0.2) is 8.42 Å². The number of hydrogen-bond donors (Lipinski definition) is 1. The molecule has 108 valence electrons. The second-order valence-electron chi connectivity index (χ2n) is 3.99. The first-order chi connectivity index (χ1) is 9.83.